The van der Waals surface area contributed by atoms with Gasteiger partial charge in [0.2, 0.25) is 0 Å². The minimum absolute atomic E-state index is 0.0194. The summed E-state index contributed by atoms with van der Waals surface area (Å²) in [5, 5.41) is 2.89. The van der Waals surface area contributed by atoms with Crippen LogP contribution in [0, 0.1) is 6.92 Å². The number of carbonyl (C=O) groups is 1. The third-order valence-electron chi connectivity index (χ3n) is 5.26. The summed E-state index contributed by atoms with van der Waals surface area (Å²) in [6, 6.07) is 7.92. The first-order chi connectivity index (χ1) is 12.8. The molecule has 0 spiro atoms. The zero-order chi connectivity index (χ0) is 19.3. The van der Waals surface area contributed by atoms with Crippen LogP contribution >= 0.6 is 0 Å². The second-order valence-electron chi connectivity index (χ2n) is 8.12. The fourth-order valence-electron chi connectivity index (χ4n) is 3.45. The van der Waals surface area contributed by atoms with E-state index in [0.29, 0.717) is 6.54 Å². The largest absolute Gasteiger partial charge is 0.358 e. The molecule has 1 amide bonds. The van der Waals surface area contributed by atoms with E-state index in [0.717, 1.165) is 51.5 Å². The number of nitrogens with zero attached hydrogens (tertiary/aromatic N) is 3. The standard InChI is InChI=1S/C21H25N5O/c1-12-19(26(5)21(2,3)4)25-18-13(7-6-8-16(18)23-12)17-11-14-15(24-17)9-10-22-20(14)27/h6-8,11,24H,9-10H2,1-5H3,(H,22,27). The monoisotopic (exact) mass is 363 g/mol. The maximum atomic E-state index is 12.1. The number of hydrogen-bond donors (Lipinski definition) is 2. The van der Waals surface area contributed by atoms with Crippen molar-refractivity contribution in [3.8, 4) is 11.3 Å². The van der Waals surface area contributed by atoms with Crippen LogP contribution in [0.4, 0.5) is 5.82 Å². The van der Waals surface area contributed by atoms with Crippen molar-refractivity contribution in [3.63, 3.8) is 0 Å². The van der Waals surface area contributed by atoms with Gasteiger partial charge >= 0.3 is 0 Å². The summed E-state index contributed by atoms with van der Waals surface area (Å²) < 4.78 is 0. The Morgan fingerprint density at radius 1 is 1.15 bits per heavy atom. The van der Waals surface area contributed by atoms with Gasteiger partial charge in [0, 0.05) is 42.5 Å². The molecule has 0 fully saturated rings. The lowest BCUT2D eigenvalue weighted by Gasteiger charge is -2.33. The summed E-state index contributed by atoms with van der Waals surface area (Å²) in [6.07, 6.45) is 0.814. The SMILES string of the molecule is Cc1nc2cccc(-c3cc4c([nH]3)CCNC4=O)c2nc1N(C)C(C)(C)C. The molecule has 4 rings (SSSR count). The Hall–Kier alpha value is -2.89. The van der Waals surface area contributed by atoms with Crippen molar-refractivity contribution in [2.24, 2.45) is 0 Å². The molecular formula is C21H25N5O. The number of carbonyl (C=O) groups excluding carboxylic acids is 1. The summed E-state index contributed by atoms with van der Waals surface area (Å²) in [5.74, 6) is 0.852. The number of rotatable bonds is 2. The Labute approximate surface area is 159 Å². The molecular weight excluding hydrogens is 338 g/mol. The number of para-hydroxylation sites is 1. The zero-order valence-corrected chi connectivity index (χ0v) is 16.5. The minimum atomic E-state index is -0.0638. The molecule has 1 aromatic carbocycles. The molecule has 0 saturated carbocycles. The van der Waals surface area contributed by atoms with Crippen LogP contribution < -0.4 is 10.2 Å². The maximum Gasteiger partial charge on any atom is 0.253 e. The third-order valence-corrected chi connectivity index (χ3v) is 5.26. The van der Waals surface area contributed by atoms with Crippen LogP contribution in [-0.2, 0) is 6.42 Å². The maximum absolute atomic E-state index is 12.1. The number of aryl methyl sites for hydroxylation is 1. The molecule has 27 heavy (non-hydrogen) atoms. The number of fused-ring (bicyclic) bond motifs is 2. The van der Waals surface area contributed by atoms with Gasteiger partial charge in [-0.2, -0.15) is 0 Å². The average molecular weight is 363 g/mol. The summed E-state index contributed by atoms with van der Waals surface area (Å²) >= 11 is 0. The van der Waals surface area contributed by atoms with E-state index in [2.05, 4.69) is 36.0 Å². The predicted octanol–water partition coefficient (Wildman–Crippen LogP) is 3.45. The second kappa shape index (κ2) is 6.08. The van der Waals surface area contributed by atoms with Crippen LogP contribution in [0.15, 0.2) is 24.3 Å². The van der Waals surface area contributed by atoms with E-state index < -0.39 is 0 Å². The number of hydrogen-bond acceptors (Lipinski definition) is 4. The lowest BCUT2D eigenvalue weighted by molar-refractivity contribution is 0.0946. The number of anilines is 1. The molecule has 0 aliphatic carbocycles. The van der Waals surface area contributed by atoms with Gasteiger partial charge < -0.3 is 15.2 Å². The molecule has 0 bridgehead atoms. The highest BCUT2D eigenvalue weighted by atomic mass is 16.1. The van der Waals surface area contributed by atoms with Crippen LogP contribution in [0.3, 0.4) is 0 Å². The molecule has 2 aromatic heterocycles. The summed E-state index contributed by atoms with van der Waals surface area (Å²) in [6.45, 7) is 9.13. The summed E-state index contributed by atoms with van der Waals surface area (Å²) in [4.78, 5) is 27.5. The fourth-order valence-corrected chi connectivity index (χ4v) is 3.45. The first-order valence-electron chi connectivity index (χ1n) is 9.27. The molecule has 1 aliphatic heterocycles. The highest BCUT2D eigenvalue weighted by Crippen LogP contribution is 2.32. The predicted molar refractivity (Wildman–Crippen MR) is 108 cm³/mol. The number of amides is 1. The van der Waals surface area contributed by atoms with E-state index >= 15 is 0 Å². The number of aromatic nitrogens is 3. The van der Waals surface area contributed by atoms with Gasteiger partial charge in [0.1, 0.15) is 5.52 Å². The molecule has 0 unspecified atom stereocenters. The van der Waals surface area contributed by atoms with Crippen molar-refractivity contribution in [2.75, 3.05) is 18.5 Å². The summed E-state index contributed by atoms with van der Waals surface area (Å²) in [7, 11) is 2.04. The Bertz CT molecular complexity index is 1040. The molecule has 1 aliphatic rings. The van der Waals surface area contributed by atoms with Crippen molar-refractivity contribution in [1.29, 1.82) is 0 Å². The van der Waals surface area contributed by atoms with Crippen molar-refractivity contribution in [2.45, 2.75) is 39.7 Å². The first kappa shape index (κ1) is 17.5. The average Bonchev–Trinajstić information content (AvgIpc) is 3.04. The van der Waals surface area contributed by atoms with Gasteiger partial charge in [0.25, 0.3) is 5.91 Å². The number of benzene rings is 1. The van der Waals surface area contributed by atoms with E-state index in [-0.39, 0.29) is 11.4 Å². The molecule has 0 atom stereocenters. The molecule has 0 radical (unpaired) electrons. The fraction of sp³-hybridized carbons (Fsp3) is 0.381. The van der Waals surface area contributed by atoms with Crippen molar-refractivity contribution in [3.05, 3.63) is 41.2 Å². The van der Waals surface area contributed by atoms with Crippen molar-refractivity contribution in [1.82, 2.24) is 20.3 Å². The van der Waals surface area contributed by atoms with Gasteiger partial charge in [0.05, 0.1) is 16.8 Å². The van der Waals surface area contributed by atoms with Gasteiger partial charge in [-0.15, -0.1) is 0 Å². The second-order valence-corrected chi connectivity index (χ2v) is 8.12. The normalized spacial score (nSPS) is 14.2. The van der Waals surface area contributed by atoms with Gasteiger partial charge in [-0.1, -0.05) is 12.1 Å². The number of nitrogens with one attached hydrogen (secondary N) is 2. The van der Waals surface area contributed by atoms with Crippen LogP contribution in [-0.4, -0.2) is 40.0 Å². The van der Waals surface area contributed by atoms with E-state index in [1.165, 1.54) is 0 Å². The molecule has 6 heteroatoms. The first-order valence-corrected chi connectivity index (χ1v) is 9.27. The molecule has 3 aromatic rings. The molecule has 3 heterocycles. The molecule has 2 N–H and O–H groups in total. The van der Waals surface area contributed by atoms with Crippen molar-refractivity contribution >= 4 is 22.8 Å². The third kappa shape index (κ3) is 2.95. The lowest BCUT2D eigenvalue weighted by atomic mass is 10.1. The minimum Gasteiger partial charge on any atom is -0.358 e. The van der Waals surface area contributed by atoms with Gasteiger partial charge in [-0.05, 0) is 39.8 Å². The van der Waals surface area contributed by atoms with Gasteiger partial charge in [-0.3, -0.25) is 4.79 Å². The Balaban J connectivity index is 1.90. The van der Waals surface area contributed by atoms with Crippen LogP contribution in [0.1, 0.15) is 42.5 Å². The van der Waals surface area contributed by atoms with Crippen molar-refractivity contribution < 1.29 is 4.79 Å². The Morgan fingerprint density at radius 3 is 2.63 bits per heavy atom. The molecule has 140 valence electrons. The zero-order valence-electron chi connectivity index (χ0n) is 16.5. The highest BCUT2D eigenvalue weighted by molar-refractivity contribution is 5.99. The summed E-state index contributed by atoms with van der Waals surface area (Å²) in [5.41, 5.74) is 6.11. The van der Waals surface area contributed by atoms with Crippen LogP contribution in [0.5, 0.6) is 0 Å². The number of H-pyrrole nitrogens is 1. The van der Waals surface area contributed by atoms with E-state index in [9.17, 15) is 4.79 Å². The molecule has 0 saturated heterocycles. The number of aromatic amines is 1. The lowest BCUT2D eigenvalue weighted by Crippen LogP contribution is -2.39. The Kier molecular flexibility index (Phi) is 3.94. The van der Waals surface area contributed by atoms with E-state index in [4.69, 9.17) is 9.97 Å². The van der Waals surface area contributed by atoms with Gasteiger partial charge in [-0.25, -0.2) is 9.97 Å². The van der Waals surface area contributed by atoms with Crippen LogP contribution in [0.25, 0.3) is 22.3 Å². The van der Waals surface area contributed by atoms with E-state index in [1.54, 1.807) is 0 Å². The smallest absolute Gasteiger partial charge is 0.253 e. The van der Waals surface area contributed by atoms with E-state index in [1.807, 2.05) is 38.2 Å². The quantitative estimate of drug-likeness (QED) is 0.731. The molecule has 6 nitrogen and oxygen atoms in total. The Morgan fingerprint density at radius 2 is 1.93 bits per heavy atom. The van der Waals surface area contributed by atoms with Crippen LogP contribution in [0.2, 0.25) is 0 Å². The van der Waals surface area contributed by atoms with Gasteiger partial charge in [0.15, 0.2) is 5.82 Å². The topological polar surface area (TPSA) is 73.9 Å². The highest BCUT2D eigenvalue weighted by Gasteiger charge is 2.24.